The number of carbonyl (C=O) groups is 2. The number of nitrogens with zero attached hydrogens (tertiary/aromatic N) is 1. The Balaban J connectivity index is 1.96. The van der Waals surface area contributed by atoms with Gasteiger partial charge in [-0.05, 0) is 63.8 Å². The summed E-state index contributed by atoms with van der Waals surface area (Å²) >= 11 is 6.10. The average Bonchev–Trinajstić information content (AvgIpc) is 2.96. The van der Waals surface area contributed by atoms with Crippen LogP contribution in [-0.2, 0) is 17.8 Å². The van der Waals surface area contributed by atoms with E-state index in [1.54, 1.807) is 12.1 Å². The molecule has 6 nitrogen and oxygen atoms in total. The normalized spacial score (nSPS) is 17.1. The van der Waals surface area contributed by atoms with Crippen LogP contribution < -0.4 is 10.6 Å². The van der Waals surface area contributed by atoms with Gasteiger partial charge in [-0.15, -0.1) is 0 Å². The second-order valence-electron chi connectivity index (χ2n) is 7.61. The quantitative estimate of drug-likeness (QED) is 0.826. The highest BCUT2D eigenvalue weighted by Crippen LogP contribution is 2.19. The molecule has 1 aliphatic rings. The van der Waals surface area contributed by atoms with Crippen molar-refractivity contribution in [3.8, 4) is 0 Å². The number of nitrogens with one attached hydrogen (secondary N) is 2. The van der Waals surface area contributed by atoms with Gasteiger partial charge in [0.1, 0.15) is 5.60 Å². The SMILES string of the molecule is C[C@@H]1CCCN1C(=O)NCc1cc(Cl)ccc1CNC(=O)OC(C)(C)C. The van der Waals surface area contributed by atoms with Crippen molar-refractivity contribution in [3.63, 3.8) is 0 Å². The maximum Gasteiger partial charge on any atom is 0.407 e. The van der Waals surface area contributed by atoms with Gasteiger partial charge < -0.3 is 20.3 Å². The Bertz CT molecular complexity index is 658. The second kappa shape index (κ2) is 8.62. The summed E-state index contributed by atoms with van der Waals surface area (Å²) < 4.78 is 5.25. The first kappa shape index (κ1) is 20.4. The van der Waals surface area contributed by atoms with Crippen LogP contribution in [0.15, 0.2) is 18.2 Å². The fourth-order valence-electron chi connectivity index (χ4n) is 2.92. The molecular formula is C19H28ClN3O3. The predicted octanol–water partition coefficient (Wildman–Crippen LogP) is 4.06. The molecule has 0 radical (unpaired) electrons. The molecule has 1 fully saturated rings. The lowest BCUT2D eigenvalue weighted by Gasteiger charge is -2.22. The molecule has 0 aromatic heterocycles. The predicted molar refractivity (Wildman–Crippen MR) is 102 cm³/mol. The maximum absolute atomic E-state index is 12.3. The Hall–Kier alpha value is -1.95. The number of alkyl carbamates (subject to hydrolysis) is 1. The molecule has 0 bridgehead atoms. The van der Waals surface area contributed by atoms with E-state index in [9.17, 15) is 9.59 Å². The van der Waals surface area contributed by atoms with Crippen LogP contribution >= 0.6 is 11.6 Å². The lowest BCUT2D eigenvalue weighted by atomic mass is 10.1. The van der Waals surface area contributed by atoms with E-state index in [1.807, 2.05) is 31.7 Å². The van der Waals surface area contributed by atoms with Crippen molar-refractivity contribution in [2.75, 3.05) is 6.54 Å². The molecule has 1 aliphatic heterocycles. The van der Waals surface area contributed by atoms with Crippen LogP contribution in [0.4, 0.5) is 9.59 Å². The van der Waals surface area contributed by atoms with Crippen molar-refractivity contribution in [1.82, 2.24) is 15.5 Å². The molecule has 0 unspecified atom stereocenters. The van der Waals surface area contributed by atoms with Crippen LogP contribution in [0.2, 0.25) is 5.02 Å². The summed E-state index contributed by atoms with van der Waals surface area (Å²) in [5.74, 6) is 0. The molecule has 2 N–H and O–H groups in total. The molecule has 1 aromatic rings. The summed E-state index contributed by atoms with van der Waals surface area (Å²) in [7, 11) is 0. The Morgan fingerprint density at radius 3 is 2.54 bits per heavy atom. The van der Waals surface area contributed by atoms with Gasteiger partial charge in [-0.1, -0.05) is 17.7 Å². The first-order chi connectivity index (χ1) is 12.2. The fraction of sp³-hybridized carbons (Fsp3) is 0.579. The molecule has 7 heteroatoms. The van der Waals surface area contributed by atoms with Crippen LogP contribution in [0, 0.1) is 0 Å². The number of hydrogen-bond donors (Lipinski definition) is 2. The number of amides is 3. The lowest BCUT2D eigenvalue weighted by Crippen LogP contribution is -2.41. The zero-order valence-corrected chi connectivity index (χ0v) is 16.7. The molecule has 2 rings (SSSR count). The summed E-state index contributed by atoms with van der Waals surface area (Å²) in [4.78, 5) is 26.0. The van der Waals surface area contributed by atoms with Gasteiger partial charge in [0.25, 0.3) is 0 Å². The summed E-state index contributed by atoms with van der Waals surface area (Å²) in [6.45, 7) is 8.95. The minimum absolute atomic E-state index is 0.0685. The molecule has 0 spiro atoms. The van der Waals surface area contributed by atoms with Crippen molar-refractivity contribution >= 4 is 23.7 Å². The van der Waals surface area contributed by atoms with E-state index in [0.717, 1.165) is 30.5 Å². The van der Waals surface area contributed by atoms with Crippen LogP contribution in [0.5, 0.6) is 0 Å². The molecular weight excluding hydrogens is 354 g/mol. The third-order valence-electron chi connectivity index (χ3n) is 4.23. The topological polar surface area (TPSA) is 70.7 Å². The number of rotatable bonds is 4. The molecule has 1 aromatic carbocycles. The lowest BCUT2D eigenvalue weighted by molar-refractivity contribution is 0.0523. The summed E-state index contributed by atoms with van der Waals surface area (Å²) in [6.07, 6.45) is 1.60. The molecule has 1 saturated heterocycles. The van der Waals surface area contributed by atoms with Crippen LogP contribution in [0.1, 0.15) is 51.7 Å². The van der Waals surface area contributed by atoms with E-state index >= 15 is 0 Å². The molecule has 3 amide bonds. The summed E-state index contributed by atoms with van der Waals surface area (Å²) in [5, 5.41) is 6.27. The Labute approximate surface area is 160 Å². The minimum atomic E-state index is -0.548. The largest absolute Gasteiger partial charge is 0.444 e. The fourth-order valence-corrected chi connectivity index (χ4v) is 3.12. The standard InChI is InChI=1S/C19H28ClN3O3/c1-13-6-5-9-23(13)17(24)21-12-15-10-16(20)8-7-14(15)11-22-18(25)26-19(2,3)4/h7-8,10,13H,5-6,9,11-12H2,1-4H3,(H,21,24)(H,22,25)/t13-/m1/s1. The van der Waals surface area contributed by atoms with Crippen molar-refractivity contribution in [1.29, 1.82) is 0 Å². The van der Waals surface area contributed by atoms with E-state index in [-0.39, 0.29) is 12.1 Å². The van der Waals surface area contributed by atoms with E-state index in [0.29, 0.717) is 18.1 Å². The van der Waals surface area contributed by atoms with Crippen molar-refractivity contribution in [2.45, 2.75) is 65.3 Å². The van der Waals surface area contributed by atoms with E-state index < -0.39 is 11.7 Å². The van der Waals surface area contributed by atoms with Crippen molar-refractivity contribution in [3.05, 3.63) is 34.3 Å². The number of likely N-dealkylation sites (tertiary alicyclic amines) is 1. The Morgan fingerprint density at radius 1 is 1.23 bits per heavy atom. The van der Waals surface area contributed by atoms with Gasteiger partial charge in [0.15, 0.2) is 0 Å². The number of halogens is 1. The van der Waals surface area contributed by atoms with Gasteiger partial charge in [0.2, 0.25) is 0 Å². The van der Waals surface area contributed by atoms with Gasteiger partial charge in [0, 0.05) is 30.7 Å². The number of benzene rings is 1. The highest BCUT2D eigenvalue weighted by Gasteiger charge is 2.24. The molecule has 1 heterocycles. The number of hydrogen-bond acceptors (Lipinski definition) is 3. The van der Waals surface area contributed by atoms with Gasteiger partial charge in [-0.25, -0.2) is 9.59 Å². The number of ether oxygens (including phenoxy) is 1. The Morgan fingerprint density at radius 2 is 1.92 bits per heavy atom. The van der Waals surface area contributed by atoms with E-state index in [4.69, 9.17) is 16.3 Å². The first-order valence-electron chi connectivity index (χ1n) is 8.94. The van der Waals surface area contributed by atoms with E-state index in [2.05, 4.69) is 17.6 Å². The van der Waals surface area contributed by atoms with Crippen LogP contribution in [0.3, 0.4) is 0 Å². The molecule has 0 saturated carbocycles. The van der Waals surface area contributed by atoms with Gasteiger partial charge in [0.05, 0.1) is 0 Å². The minimum Gasteiger partial charge on any atom is -0.444 e. The molecule has 26 heavy (non-hydrogen) atoms. The smallest absolute Gasteiger partial charge is 0.407 e. The van der Waals surface area contributed by atoms with Gasteiger partial charge in [-0.2, -0.15) is 0 Å². The summed E-state index contributed by atoms with van der Waals surface area (Å²) in [6, 6.07) is 5.62. The van der Waals surface area contributed by atoms with Crippen LogP contribution in [-0.4, -0.2) is 35.2 Å². The third kappa shape index (κ3) is 6.09. The van der Waals surface area contributed by atoms with Crippen molar-refractivity contribution in [2.24, 2.45) is 0 Å². The van der Waals surface area contributed by atoms with Gasteiger partial charge >= 0.3 is 12.1 Å². The highest BCUT2D eigenvalue weighted by atomic mass is 35.5. The third-order valence-corrected chi connectivity index (χ3v) is 4.47. The average molecular weight is 382 g/mol. The number of carbonyl (C=O) groups excluding carboxylic acids is 2. The Kier molecular flexibility index (Phi) is 6.75. The first-order valence-corrected chi connectivity index (χ1v) is 9.32. The molecule has 0 aliphatic carbocycles. The highest BCUT2D eigenvalue weighted by molar-refractivity contribution is 6.30. The summed E-state index contributed by atoms with van der Waals surface area (Å²) in [5.41, 5.74) is 1.21. The molecule has 144 valence electrons. The van der Waals surface area contributed by atoms with Crippen molar-refractivity contribution < 1.29 is 14.3 Å². The molecule has 1 atom stereocenters. The van der Waals surface area contributed by atoms with Gasteiger partial charge in [-0.3, -0.25) is 0 Å². The zero-order valence-electron chi connectivity index (χ0n) is 15.9. The second-order valence-corrected chi connectivity index (χ2v) is 8.05. The maximum atomic E-state index is 12.3. The monoisotopic (exact) mass is 381 g/mol. The van der Waals surface area contributed by atoms with E-state index in [1.165, 1.54) is 0 Å². The number of urea groups is 1. The zero-order chi connectivity index (χ0) is 19.3. The van der Waals surface area contributed by atoms with Crippen LogP contribution in [0.25, 0.3) is 0 Å².